The van der Waals surface area contributed by atoms with E-state index < -0.39 is 6.10 Å². The summed E-state index contributed by atoms with van der Waals surface area (Å²) in [6.07, 6.45) is 2.40. The number of nitrogens with one attached hydrogen (secondary N) is 1. The first-order valence-electron chi connectivity index (χ1n) is 5.05. The highest BCUT2D eigenvalue weighted by Gasteiger charge is 2.17. The SMILES string of the molecule is CCCCCNC(=O)C(O)C(C)C. The lowest BCUT2D eigenvalue weighted by atomic mass is 10.1. The summed E-state index contributed by atoms with van der Waals surface area (Å²) < 4.78 is 0. The summed E-state index contributed by atoms with van der Waals surface area (Å²) in [5, 5.41) is 12.0. The first-order chi connectivity index (χ1) is 6.09. The van der Waals surface area contributed by atoms with Crippen molar-refractivity contribution in [3.8, 4) is 0 Å². The highest BCUT2D eigenvalue weighted by molar-refractivity contribution is 5.80. The van der Waals surface area contributed by atoms with Crippen LogP contribution >= 0.6 is 0 Å². The molecule has 1 amide bonds. The summed E-state index contributed by atoms with van der Waals surface area (Å²) in [6.45, 7) is 6.45. The van der Waals surface area contributed by atoms with Gasteiger partial charge in [0.2, 0.25) is 5.91 Å². The number of carbonyl (C=O) groups is 1. The van der Waals surface area contributed by atoms with Gasteiger partial charge in [-0.25, -0.2) is 0 Å². The molecule has 0 saturated heterocycles. The fraction of sp³-hybridized carbons (Fsp3) is 0.900. The van der Waals surface area contributed by atoms with E-state index in [2.05, 4.69) is 12.2 Å². The molecule has 0 heterocycles. The summed E-state index contributed by atoms with van der Waals surface area (Å²) in [5.74, 6) is -0.253. The van der Waals surface area contributed by atoms with Gasteiger partial charge in [-0.1, -0.05) is 33.6 Å². The van der Waals surface area contributed by atoms with E-state index in [1.54, 1.807) is 0 Å². The van der Waals surface area contributed by atoms with Gasteiger partial charge in [0.25, 0.3) is 0 Å². The number of rotatable bonds is 6. The number of amides is 1. The van der Waals surface area contributed by atoms with Gasteiger partial charge in [-0.05, 0) is 12.3 Å². The van der Waals surface area contributed by atoms with Crippen molar-refractivity contribution in [3.63, 3.8) is 0 Å². The molecule has 0 radical (unpaired) electrons. The van der Waals surface area contributed by atoms with Crippen LogP contribution in [0, 0.1) is 5.92 Å². The van der Waals surface area contributed by atoms with Crippen LogP contribution in [0.2, 0.25) is 0 Å². The van der Waals surface area contributed by atoms with E-state index in [-0.39, 0.29) is 11.8 Å². The third-order valence-corrected chi connectivity index (χ3v) is 1.98. The molecular formula is C10H21NO2. The lowest BCUT2D eigenvalue weighted by molar-refractivity contribution is -0.131. The second-order valence-electron chi connectivity index (χ2n) is 3.69. The number of carbonyl (C=O) groups excluding carboxylic acids is 1. The Morgan fingerprint density at radius 2 is 2.00 bits per heavy atom. The quantitative estimate of drug-likeness (QED) is 0.616. The van der Waals surface area contributed by atoms with Crippen molar-refractivity contribution in [1.82, 2.24) is 5.32 Å². The minimum Gasteiger partial charge on any atom is -0.383 e. The molecule has 78 valence electrons. The monoisotopic (exact) mass is 187 g/mol. The molecule has 3 heteroatoms. The number of unbranched alkanes of at least 4 members (excludes halogenated alkanes) is 2. The number of hydrogen-bond donors (Lipinski definition) is 2. The lowest BCUT2D eigenvalue weighted by Crippen LogP contribution is -2.38. The highest BCUT2D eigenvalue weighted by Crippen LogP contribution is 2.00. The molecule has 1 atom stereocenters. The van der Waals surface area contributed by atoms with E-state index in [0.717, 1.165) is 19.3 Å². The molecule has 0 aliphatic rings. The molecule has 0 aromatic carbocycles. The zero-order valence-electron chi connectivity index (χ0n) is 8.84. The van der Waals surface area contributed by atoms with Crippen molar-refractivity contribution in [2.75, 3.05) is 6.54 Å². The molecule has 0 aliphatic heterocycles. The van der Waals surface area contributed by atoms with Crippen LogP contribution in [0.25, 0.3) is 0 Å². The molecule has 0 bridgehead atoms. The highest BCUT2D eigenvalue weighted by atomic mass is 16.3. The standard InChI is InChI=1S/C10H21NO2/c1-4-5-6-7-11-10(13)9(12)8(2)3/h8-9,12H,4-7H2,1-3H3,(H,11,13). The topological polar surface area (TPSA) is 49.3 Å². The van der Waals surface area contributed by atoms with Crippen LogP contribution in [0.5, 0.6) is 0 Å². The summed E-state index contributed by atoms with van der Waals surface area (Å²) in [4.78, 5) is 11.2. The average Bonchev–Trinajstić information content (AvgIpc) is 2.10. The minimum atomic E-state index is -0.860. The van der Waals surface area contributed by atoms with Gasteiger partial charge in [0.1, 0.15) is 6.10 Å². The Kier molecular flexibility index (Phi) is 6.59. The molecular weight excluding hydrogens is 166 g/mol. The molecule has 0 fully saturated rings. The molecule has 13 heavy (non-hydrogen) atoms. The van der Waals surface area contributed by atoms with E-state index in [9.17, 15) is 9.90 Å². The van der Waals surface area contributed by atoms with Crippen LogP contribution in [-0.2, 0) is 4.79 Å². The van der Waals surface area contributed by atoms with Gasteiger partial charge in [0, 0.05) is 6.54 Å². The van der Waals surface area contributed by atoms with Gasteiger partial charge in [0.05, 0.1) is 0 Å². The number of aliphatic hydroxyl groups excluding tert-OH is 1. The first-order valence-corrected chi connectivity index (χ1v) is 5.05. The van der Waals surface area contributed by atoms with Gasteiger partial charge < -0.3 is 10.4 Å². The van der Waals surface area contributed by atoms with Crippen LogP contribution in [0.1, 0.15) is 40.0 Å². The Bertz CT molecular complexity index is 146. The average molecular weight is 187 g/mol. The Balaban J connectivity index is 3.50. The Hall–Kier alpha value is -0.570. The number of hydrogen-bond acceptors (Lipinski definition) is 2. The van der Waals surface area contributed by atoms with Crippen molar-refractivity contribution in [2.45, 2.75) is 46.1 Å². The zero-order valence-corrected chi connectivity index (χ0v) is 8.84. The van der Waals surface area contributed by atoms with Gasteiger partial charge in [-0.2, -0.15) is 0 Å². The Morgan fingerprint density at radius 1 is 1.38 bits per heavy atom. The predicted octanol–water partition coefficient (Wildman–Crippen LogP) is 1.31. The van der Waals surface area contributed by atoms with Gasteiger partial charge in [-0.15, -0.1) is 0 Å². The normalized spacial score (nSPS) is 13.0. The van der Waals surface area contributed by atoms with Crippen LogP contribution in [0.15, 0.2) is 0 Å². The molecule has 0 rings (SSSR count). The van der Waals surface area contributed by atoms with E-state index >= 15 is 0 Å². The Morgan fingerprint density at radius 3 is 2.46 bits per heavy atom. The molecule has 0 spiro atoms. The van der Waals surface area contributed by atoms with Crippen molar-refractivity contribution >= 4 is 5.91 Å². The largest absolute Gasteiger partial charge is 0.383 e. The smallest absolute Gasteiger partial charge is 0.249 e. The van der Waals surface area contributed by atoms with Gasteiger partial charge in [0.15, 0.2) is 0 Å². The maximum Gasteiger partial charge on any atom is 0.249 e. The van der Waals surface area contributed by atoms with Crippen LogP contribution in [0.3, 0.4) is 0 Å². The van der Waals surface area contributed by atoms with Crippen LogP contribution in [0.4, 0.5) is 0 Å². The first kappa shape index (κ1) is 12.4. The lowest BCUT2D eigenvalue weighted by Gasteiger charge is -2.13. The van der Waals surface area contributed by atoms with E-state index in [1.807, 2.05) is 13.8 Å². The van der Waals surface area contributed by atoms with Crippen molar-refractivity contribution in [2.24, 2.45) is 5.92 Å². The molecule has 0 aromatic rings. The summed E-state index contributed by atoms with van der Waals surface area (Å²) in [7, 11) is 0. The molecule has 0 saturated carbocycles. The van der Waals surface area contributed by atoms with Crippen LogP contribution in [-0.4, -0.2) is 23.7 Å². The molecule has 1 unspecified atom stereocenters. The summed E-state index contributed by atoms with van der Waals surface area (Å²) >= 11 is 0. The van der Waals surface area contributed by atoms with Gasteiger partial charge in [-0.3, -0.25) is 4.79 Å². The van der Waals surface area contributed by atoms with E-state index in [1.165, 1.54) is 0 Å². The predicted molar refractivity (Wildman–Crippen MR) is 53.4 cm³/mol. The molecule has 2 N–H and O–H groups in total. The fourth-order valence-corrected chi connectivity index (χ4v) is 0.994. The fourth-order valence-electron chi connectivity index (χ4n) is 0.994. The van der Waals surface area contributed by atoms with Crippen molar-refractivity contribution < 1.29 is 9.90 Å². The maximum absolute atomic E-state index is 11.2. The second kappa shape index (κ2) is 6.89. The zero-order chi connectivity index (χ0) is 10.3. The minimum absolute atomic E-state index is 0.00817. The summed E-state index contributed by atoms with van der Waals surface area (Å²) in [5.41, 5.74) is 0. The Labute approximate surface area is 80.5 Å². The molecule has 3 nitrogen and oxygen atoms in total. The van der Waals surface area contributed by atoms with Crippen molar-refractivity contribution in [1.29, 1.82) is 0 Å². The van der Waals surface area contributed by atoms with Crippen LogP contribution < -0.4 is 5.32 Å². The van der Waals surface area contributed by atoms with Gasteiger partial charge >= 0.3 is 0 Å². The second-order valence-corrected chi connectivity index (χ2v) is 3.69. The van der Waals surface area contributed by atoms with E-state index in [0.29, 0.717) is 6.54 Å². The summed E-state index contributed by atoms with van der Waals surface area (Å²) in [6, 6.07) is 0. The number of aliphatic hydroxyl groups is 1. The third kappa shape index (κ3) is 5.64. The van der Waals surface area contributed by atoms with E-state index in [4.69, 9.17) is 0 Å². The molecule has 0 aromatic heterocycles. The third-order valence-electron chi connectivity index (χ3n) is 1.98. The van der Waals surface area contributed by atoms with Crippen molar-refractivity contribution in [3.05, 3.63) is 0 Å². The maximum atomic E-state index is 11.2. The molecule has 0 aliphatic carbocycles.